The smallest absolute Gasteiger partial charge is 0.254 e. The van der Waals surface area contributed by atoms with E-state index in [0.717, 1.165) is 35.0 Å². The van der Waals surface area contributed by atoms with E-state index in [1.165, 1.54) is 19.3 Å². The van der Waals surface area contributed by atoms with Crippen molar-refractivity contribution in [2.45, 2.75) is 51.0 Å². The summed E-state index contributed by atoms with van der Waals surface area (Å²) in [6, 6.07) is 16.1. The molecule has 0 unspecified atom stereocenters. The first kappa shape index (κ1) is 20.7. The Balaban J connectivity index is 1.21. The zero-order valence-corrected chi connectivity index (χ0v) is 18.4. The predicted octanol–water partition coefficient (Wildman–Crippen LogP) is 5.03. The Morgan fingerprint density at radius 3 is 2.44 bits per heavy atom. The van der Waals surface area contributed by atoms with Crippen LogP contribution in [0.15, 0.2) is 54.7 Å². The molecule has 5 rings (SSSR count). The van der Waals surface area contributed by atoms with Crippen LogP contribution in [0.2, 0.25) is 0 Å². The third kappa shape index (κ3) is 4.14. The Morgan fingerprint density at radius 2 is 1.62 bits per heavy atom. The van der Waals surface area contributed by atoms with E-state index in [2.05, 4.69) is 10.4 Å². The van der Waals surface area contributed by atoms with Crippen molar-refractivity contribution in [3.8, 4) is 0 Å². The second kappa shape index (κ2) is 9.15. The van der Waals surface area contributed by atoms with Crippen LogP contribution in [0.4, 0.5) is 5.82 Å². The normalized spacial score (nSPS) is 18.1. The molecular weight excluding hydrogens is 400 g/mol. The van der Waals surface area contributed by atoms with E-state index < -0.39 is 0 Å². The minimum absolute atomic E-state index is 0.0415. The van der Waals surface area contributed by atoms with Crippen LogP contribution in [0.5, 0.6) is 0 Å². The molecule has 1 aliphatic carbocycles. The highest BCUT2D eigenvalue weighted by molar-refractivity contribution is 6.07. The number of hydrogen-bond acceptors (Lipinski definition) is 3. The molecule has 2 amide bonds. The summed E-state index contributed by atoms with van der Waals surface area (Å²) >= 11 is 0. The molecule has 1 aromatic heterocycles. The molecule has 1 saturated carbocycles. The molecule has 3 aromatic rings. The van der Waals surface area contributed by atoms with Crippen molar-refractivity contribution in [1.82, 2.24) is 14.7 Å². The fourth-order valence-corrected chi connectivity index (χ4v) is 5.19. The summed E-state index contributed by atoms with van der Waals surface area (Å²) in [4.78, 5) is 28.0. The minimum atomic E-state index is -0.0822. The van der Waals surface area contributed by atoms with Crippen molar-refractivity contribution in [2.24, 2.45) is 5.92 Å². The van der Waals surface area contributed by atoms with Gasteiger partial charge in [-0.3, -0.25) is 9.59 Å². The fraction of sp³-hybridized carbons (Fsp3) is 0.423. The summed E-state index contributed by atoms with van der Waals surface area (Å²) in [6.45, 7) is 1.20. The number of piperidine rings is 1. The van der Waals surface area contributed by atoms with Gasteiger partial charge >= 0.3 is 0 Å². The van der Waals surface area contributed by atoms with E-state index in [0.29, 0.717) is 32.0 Å². The van der Waals surface area contributed by atoms with E-state index in [1.54, 1.807) is 6.20 Å². The third-order valence-corrected chi connectivity index (χ3v) is 7.02. The maximum absolute atomic E-state index is 13.2. The summed E-state index contributed by atoms with van der Waals surface area (Å²) in [7, 11) is 0. The lowest BCUT2D eigenvalue weighted by Gasteiger charge is -2.32. The van der Waals surface area contributed by atoms with Gasteiger partial charge in [0.1, 0.15) is 5.82 Å². The highest BCUT2D eigenvalue weighted by atomic mass is 16.2. The van der Waals surface area contributed by atoms with Gasteiger partial charge in [0.05, 0.1) is 12.2 Å². The van der Waals surface area contributed by atoms with E-state index in [9.17, 15) is 9.59 Å². The Labute approximate surface area is 188 Å². The van der Waals surface area contributed by atoms with E-state index >= 15 is 0 Å². The summed E-state index contributed by atoms with van der Waals surface area (Å²) in [5.41, 5.74) is 0.738. The lowest BCUT2D eigenvalue weighted by atomic mass is 9.94. The van der Waals surface area contributed by atoms with Crippen LogP contribution in [0.1, 0.15) is 61.3 Å². The lowest BCUT2D eigenvalue weighted by Crippen LogP contribution is -2.41. The first-order valence-electron chi connectivity index (χ1n) is 11.8. The molecule has 2 heterocycles. The van der Waals surface area contributed by atoms with Crippen molar-refractivity contribution in [3.63, 3.8) is 0 Å². The second-order valence-corrected chi connectivity index (χ2v) is 9.04. The number of amides is 2. The highest BCUT2D eigenvalue weighted by Gasteiger charge is 2.29. The molecule has 2 aliphatic rings. The molecule has 1 N–H and O–H groups in total. The molecule has 0 spiro atoms. The van der Waals surface area contributed by atoms with Gasteiger partial charge in [-0.2, -0.15) is 5.10 Å². The minimum Gasteiger partial charge on any atom is -0.339 e. The number of benzene rings is 2. The molecule has 166 valence electrons. The lowest BCUT2D eigenvalue weighted by molar-refractivity contribution is -0.121. The van der Waals surface area contributed by atoms with Gasteiger partial charge in [0, 0.05) is 30.6 Å². The van der Waals surface area contributed by atoms with Crippen LogP contribution in [0.3, 0.4) is 0 Å². The monoisotopic (exact) mass is 430 g/mol. The summed E-state index contributed by atoms with van der Waals surface area (Å²) in [5.74, 6) is 0.813. The number of carbonyl (C=O) groups is 2. The van der Waals surface area contributed by atoms with Crippen molar-refractivity contribution < 1.29 is 9.59 Å². The van der Waals surface area contributed by atoms with Crippen molar-refractivity contribution in [1.29, 1.82) is 0 Å². The average molecular weight is 431 g/mol. The number of carbonyl (C=O) groups excluding carboxylic acids is 2. The third-order valence-electron chi connectivity index (χ3n) is 7.02. The number of rotatable bonds is 4. The van der Waals surface area contributed by atoms with Crippen molar-refractivity contribution >= 4 is 28.4 Å². The number of aromatic nitrogens is 2. The van der Waals surface area contributed by atoms with Crippen LogP contribution >= 0.6 is 0 Å². The first-order valence-corrected chi connectivity index (χ1v) is 11.8. The largest absolute Gasteiger partial charge is 0.339 e. The molecule has 0 atom stereocenters. The maximum atomic E-state index is 13.2. The molecule has 1 saturated heterocycles. The van der Waals surface area contributed by atoms with Crippen LogP contribution in [-0.2, 0) is 4.79 Å². The van der Waals surface area contributed by atoms with Gasteiger partial charge in [-0.1, -0.05) is 55.7 Å². The molecule has 2 fully saturated rings. The van der Waals surface area contributed by atoms with Gasteiger partial charge < -0.3 is 10.2 Å². The first-order chi connectivity index (χ1) is 15.7. The van der Waals surface area contributed by atoms with Crippen LogP contribution in [0, 0.1) is 5.92 Å². The maximum Gasteiger partial charge on any atom is 0.254 e. The van der Waals surface area contributed by atoms with Gasteiger partial charge in [0.2, 0.25) is 5.91 Å². The van der Waals surface area contributed by atoms with E-state index in [4.69, 9.17) is 0 Å². The van der Waals surface area contributed by atoms with Gasteiger partial charge in [-0.15, -0.1) is 0 Å². The van der Waals surface area contributed by atoms with Crippen molar-refractivity contribution in [3.05, 3.63) is 60.3 Å². The summed E-state index contributed by atoms with van der Waals surface area (Å²) in [6.07, 6.45) is 9.12. The number of nitrogens with one attached hydrogen (secondary N) is 1. The SMILES string of the molecule is O=C(Nc1ccnn1C1CCCCC1)C1CCN(C(=O)c2cccc3ccccc23)CC1. The van der Waals surface area contributed by atoms with Crippen LogP contribution in [-0.4, -0.2) is 39.6 Å². The molecular formula is C26H30N4O2. The van der Waals surface area contributed by atoms with E-state index in [1.807, 2.05) is 58.1 Å². The molecule has 0 radical (unpaired) electrons. The average Bonchev–Trinajstić information content (AvgIpc) is 3.32. The zero-order chi connectivity index (χ0) is 21.9. The highest BCUT2D eigenvalue weighted by Crippen LogP contribution is 2.30. The molecule has 6 nitrogen and oxygen atoms in total. The van der Waals surface area contributed by atoms with Crippen LogP contribution in [0.25, 0.3) is 10.8 Å². The molecule has 32 heavy (non-hydrogen) atoms. The van der Waals surface area contributed by atoms with E-state index in [-0.39, 0.29) is 17.7 Å². The summed E-state index contributed by atoms with van der Waals surface area (Å²) < 4.78 is 2.00. The zero-order valence-electron chi connectivity index (χ0n) is 18.4. The second-order valence-electron chi connectivity index (χ2n) is 9.04. The van der Waals surface area contributed by atoms with Gasteiger partial charge in [0.15, 0.2) is 0 Å². The van der Waals surface area contributed by atoms with Crippen molar-refractivity contribution in [2.75, 3.05) is 18.4 Å². The number of likely N-dealkylation sites (tertiary alicyclic amines) is 1. The van der Waals surface area contributed by atoms with Gasteiger partial charge in [-0.25, -0.2) is 4.68 Å². The number of hydrogen-bond donors (Lipinski definition) is 1. The Kier molecular flexibility index (Phi) is 5.93. The van der Waals surface area contributed by atoms with Gasteiger partial charge in [0.25, 0.3) is 5.91 Å². The van der Waals surface area contributed by atoms with Crippen LogP contribution < -0.4 is 5.32 Å². The standard InChI is InChI=1S/C26H30N4O2/c31-25(28-24-13-16-27-30(24)21-9-2-1-3-10-21)20-14-17-29(18-15-20)26(32)23-12-6-8-19-7-4-5-11-22(19)23/h4-8,11-13,16,20-21H,1-3,9-10,14-15,17-18H2,(H,28,31). The molecule has 0 bridgehead atoms. The molecule has 1 aliphatic heterocycles. The molecule has 2 aromatic carbocycles. The topological polar surface area (TPSA) is 67.2 Å². The number of fused-ring (bicyclic) bond motifs is 1. The number of anilines is 1. The quantitative estimate of drug-likeness (QED) is 0.631. The number of nitrogens with zero attached hydrogens (tertiary/aromatic N) is 3. The summed E-state index contributed by atoms with van der Waals surface area (Å²) in [5, 5.41) is 9.65. The fourth-order valence-electron chi connectivity index (χ4n) is 5.19. The predicted molar refractivity (Wildman–Crippen MR) is 126 cm³/mol. The Hall–Kier alpha value is -3.15. The molecule has 6 heteroatoms. The van der Waals surface area contributed by atoms with Gasteiger partial charge in [-0.05, 0) is 42.5 Å². The Bertz CT molecular complexity index is 1100. The Morgan fingerprint density at radius 1 is 0.875 bits per heavy atom.